The Kier molecular flexibility index (Phi) is 5.23. The number of Topliss-reactive ketones (excluding diaryl/α,β-unsaturated/α-hetero) is 2. The molecule has 0 amide bonds. The van der Waals surface area contributed by atoms with Crippen LogP contribution in [0.15, 0.2) is 86.0 Å². The maximum Gasteiger partial charge on any atom is 0.193 e. The van der Waals surface area contributed by atoms with Gasteiger partial charge in [-0.25, -0.2) is 0 Å². The number of hydrogen-bond acceptors (Lipinski definition) is 4. The fourth-order valence-electron chi connectivity index (χ4n) is 2.83. The lowest BCUT2D eigenvalue weighted by Gasteiger charge is -2.13. The van der Waals surface area contributed by atoms with E-state index in [0.29, 0.717) is 22.3 Å². The van der Waals surface area contributed by atoms with Crippen molar-refractivity contribution in [2.45, 2.75) is 0 Å². The van der Waals surface area contributed by atoms with Gasteiger partial charge in [-0.3, -0.25) is 9.59 Å². The smallest absolute Gasteiger partial charge is 0.193 e. The van der Waals surface area contributed by atoms with Crippen LogP contribution >= 0.6 is 0 Å². The predicted molar refractivity (Wildman–Crippen MR) is 109 cm³/mol. The third-order valence-electron chi connectivity index (χ3n) is 4.38. The van der Waals surface area contributed by atoms with Crippen molar-refractivity contribution >= 4 is 22.7 Å². The summed E-state index contributed by atoms with van der Waals surface area (Å²) in [6.07, 6.45) is 0. The van der Waals surface area contributed by atoms with E-state index in [1.54, 1.807) is 24.3 Å². The van der Waals surface area contributed by atoms with E-state index in [-0.39, 0.29) is 34.2 Å². The lowest BCUT2D eigenvalue weighted by molar-refractivity contribution is 0.104. The molecule has 2 N–H and O–H groups in total. The number of aromatic hydroxyl groups is 2. The summed E-state index contributed by atoms with van der Waals surface area (Å²) >= 11 is 0. The van der Waals surface area contributed by atoms with Crippen molar-refractivity contribution in [2.75, 3.05) is 0 Å². The topological polar surface area (TPSA) is 74.6 Å². The Morgan fingerprint density at radius 2 is 0.893 bits per heavy atom. The molecule has 4 nitrogen and oxygen atoms in total. The summed E-state index contributed by atoms with van der Waals surface area (Å²) in [4.78, 5) is 25.6. The quantitative estimate of drug-likeness (QED) is 0.478. The minimum Gasteiger partial charge on any atom is -0.508 e. The van der Waals surface area contributed by atoms with Gasteiger partial charge in [-0.05, 0) is 59.7 Å². The molecule has 0 aliphatic rings. The van der Waals surface area contributed by atoms with E-state index in [2.05, 4.69) is 13.2 Å². The monoisotopic (exact) mass is 370 g/mol. The maximum absolute atomic E-state index is 12.8. The first-order valence-corrected chi connectivity index (χ1v) is 8.53. The van der Waals surface area contributed by atoms with Crippen molar-refractivity contribution in [3.8, 4) is 11.5 Å². The van der Waals surface area contributed by atoms with Crippen molar-refractivity contribution < 1.29 is 19.8 Å². The lowest BCUT2D eigenvalue weighted by Crippen LogP contribution is -2.07. The molecule has 138 valence electrons. The Balaban J connectivity index is 1.94. The van der Waals surface area contributed by atoms with Crippen molar-refractivity contribution in [1.82, 2.24) is 0 Å². The van der Waals surface area contributed by atoms with E-state index in [4.69, 9.17) is 0 Å². The van der Waals surface area contributed by atoms with Gasteiger partial charge < -0.3 is 10.2 Å². The fourth-order valence-corrected chi connectivity index (χ4v) is 2.83. The van der Waals surface area contributed by atoms with Crippen LogP contribution in [0.1, 0.15) is 31.8 Å². The Morgan fingerprint density at radius 3 is 1.21 bits per heavy atom. The van der Waals surface area contributed by atoms with Gasteiger partial charge in [0.05, 0.1) is 0 Å². The lowest BCUT2D eigenvalue weighted by atomic mass is 9.89. The summed E-state index contributed by atoms with van der Waals surface area (Å²) in [6, 6.07) is 18.7. The molecule has 0 aliphatic heterocycles. The Morgan fingerprint density at radius 1 is 0.571 bits per heavy atom. The first kappa shape index (κ1) is 18.9. The van der Waals surface area contributed by atoms with Crippen LogP contribution in [-0.4, -0.2) is 21.8 Å². The molecule has 0 saturated carbocycles. The summed E-state index contributed by atoms with van der Waals surface area (Å²) in [7, 11) is 0. The molecule has 0 heterocycles. The van der Waals surface area contributed by atoms with E-state index in [9.17, 15) is 19.8 Å². The van der Waals surface area contributed by atoms with Crippen molar-refractivity contribution in [3.05, 3.63) is 108 Å². The van der Waals surface area contributed by atoms with Gasteiger partial charge in [0.25, 0.3) is 0 Å². The standard InChI is InChI=1S/C24H18O4/c1-15(23(27)17-7-11-19(25)12-8-17)21-5-3-4-6-22(21)16(2)24(28)18-9-13-20(26)14-10-18/h3-14,25-26H,1-2H2. The highest BCUT2D eigenvalue weighted by Gasteiger charge is 2.20. The summed E-state index contributed by atoms with van der Waals surface area (Å²) in [5, 5.41) is 18.8. The molecular formula is C24H18O4. The first-order chi connectivity index (χ1) is 13.4. The maximum atomic E-state index is 12.8. The van der Waals surface area contributed by atoms with Crippen molar-refractivity contribution in [1.29, 1.82) is 0 Å². The predicted octanol–water partition coefficient (Wildman–Crippen LogP) is 4.89. The van der Waals surface area contributed by atoms with Gasteiger partial charge in [0, 0.05) is 22.3 Å². The Bertz CT molecular complexity index is 986. The Labute approximate surface area is 162 Å². The second-order valence-electron chi connectivity index (χ2n) is 6.25. The van der Waals surface area contributed by atoms with Gasteiger partial charge in [-0.15, -0.1) is 0 Å². The molecule has 0 unspecified atom stereocenters. The molecule has 0 saturated heterocycles. The molecule has 28 heavy (non-hydrogen) atoms. The van der Waals surface area contributed by atoms with E-state index in [0.717, 1.165) is 0 Å². The van der Waals surface area contributed by atoms with E-state index in [1.807, 2.05) is 0 Å². The summed E-state index contributed by atoms with van der Waals surface area (Å²) in [5.74, 6) is -0.486. The average Bonchev–Trinajstić information content (AvgIpc) is 2.72. The number of hydrogen-bond donors (Lipinski definition) is 2. The highest BCUT2D eigenvalue weighted by molar-refractivity contribution is 6.33. The average molecular weight is 370 g/mol. The van der Waals surface area contributed by atoms with Gasteiger partial charge in [-0.1, -0.05) is 37.4 Å². The first-order valence-electron chi connectivity index (χ1n) is 8.53. The second-order valence-corrected chi connectivity index (χ2v) is 6.25. The zero-order valence-corrected chi connectivity index (χ0v) is 15.1. The van der Waals surface area contributed by atoms with Crippen LogP contribution < -0.4 is 0 Å². The van der Waals surface area contributed by atoms with E-state index in [1.165, 1.54) is 48.5 Å². The molecule has 0 atom stereocenters. The molecule has 0 aromatic heterocycles. The van der Waals surface area contributed by atoms with Crippen LogP contribution in [-0.2, 0) is 0 Å². The van der Waals surface area contributed by atoms with Crippen LogP contribution in [0.2, 0.25) is 0 Å². The molecule has 0 bridgehead atoms. The van der Waals surface area contributed by atoms with Gasteiger partial charge in [0.1, 0.15) is 11.5 Å². The second kappa shape index (κ2) is 7.76. The number of benzene rings is 3. The molecule has 0 radical (unpaired) electrons. The zero-order valence-electron chi connectivity index (χ0n) is 15.1. The number of rotatable bonds is 6. The molecule has 0 aliphatic carbocycles. The van der Waals surface area contributed by atoms with Crippen LogP contribution in [0.25, 0.3) is 11.1 Å². The van der Waals surface area contributed by atoms with Gasteiger partial charge >= 0.3 is 0 Å². The van der Waals surface area contributed by atoms with Crippen LogP contribution in [0.3, 0.4) is 0 Å². The van der Waals surface area contributed by atoms with Crippen molar-refractivity contribution in [2.24, 2.45) is 0 Å². The third-order valence-corrected chi connectivity index (χ3v) is 4.38. The Hall–Kier alpha value is -3.92. The highest BCUT2D eigenvalue weighted by Crippen LogP contribution is 2.29. The molecule has 3 aromatic carbocycles. The van der Waals surface area contributed by atoms with Crippen LogP contribution in [0.4, 0.5) is 0 Å². The number of ketones is 2. The SMILES string of the molecule is C=C(C(=O)c1ccc(O)cc1)c1ccccc1C(=C)C(=O)c1ccc(O)cc1. The van der Waals surface area contributed by atoms with Crippen LogP contribution in [0, 0.1) is 0 Å². The summed E-state index contributed by atoms with van der Waals surface area (Å²) in [6.45, 7) is 7.83. The highest BCUT2D eigenvalue weighted by atomic mass is 16.3. The van der Waals surface area contributed by atoms with E-state index >= 15 is 0 Å². The normalized spacial score (nSPS) is 10.3. The molecule has 3 rings (SSSR count). The summed E-state index contributed by atoms with van der Waals surface area (Å²) in [5.41, 5.74) is 2.23. The van der Waals surface area contributed by atoms with Gasteiger partial charge in [0.15, 0.2) is 11.6 Å². The molecule has 4 heteroatoms. The fraction of sp³-hybridized carbons (Fsp3) is 0. The van der Waals surface area contributed by atoms with E-state index < -0.39 is 0 Å². The van der Waals surface area contributed by atoms with Gasteiger partial charge in [-0.2, -0.15) is 0 Å². The molecule has 0 fully saturated rings. The molecule has 3 aromatic rings. The molecule has 0 spiro atoms. The number of allylic oxidation sites excluding steroid dienone is 2. The van der Waals surface area contributed by atoms with Crippen LogP contribution in [0.5, 0.6) is 11.5 Å². The van der Waals surface area contributed by atoms with Crippen molar-refractivity contribution in [3.63, 3.8) is 0 Å². The number of carbonyl (C=O) groups is 2. The third kappa shape index (κ3) is 3.76. The zero-order chi connectivity index (χ0) is 20.3. The minimum absolute atomic E-state index is 0.0652. The largest absolute Gasteiger partial charge is 0.508 e. The number of carbonyl (C=O) groups excluding carboxylic acids is 2. The molecular weight excluding hydrogens is 352 g/mol. The van der Waals surface area contributed by atoms with Gasteiger partial charge in [0.2, 0.25) is 0 Å². The number of phenols is 2. The number of phenolic OH excluding ortho intramolecular Hbond substituents is 2. The summed E-state index contributed by atoms with van der Waals surface area (Å²) < 4.78 is 0. The minimum atomic E-state index is -0.308.